The molecule has 2 aromatic carbocycles. The largest absolute Gasteiger partial charge is 0.329 e. The van der Waals surface area contributed by atoms with Gasteiger partial charge in [0.05, 0.1) is 0 Å². The van der Waals surface area contributed by atoms with E-state index in [2.05, 4.69) is 5.32 Å². The van der Waals surface area contributed by atoms with Crippen LogP contribution in [0.4, 0.5) is 4.79 Å². The molecular formula is C20H21N3O4. The Morgan fingerprint density at radius 1 is 1.07 bits per heavy atom. The standard InChI is InChI=1S/C20H21N3O4/c24-18(22-27)11-2-1-5-12-23-19(25)17(21-20(23)26)13-15-9-6-8-14-7-3-4-10-16(14)15/h3-4,6-10,13,27H,1-2,5,11-12H2,(H,21,26)(H,22,24)/b17-13-. The monoisotopic (exact) mass is 367 g/mol. The molecule has 0 bridgehead atoms. The zero-order chi connectivity index (χ0) is 19.2. The van der Waals surface area contributed by atoms with E-state index in [0.29, 0.717) is 19.3 Å². The van der Waals surface area contributed by atoms with Crippen LogP contribution in [0.3, 0.4) is 0 Å². The van der Waals surface area contributed by atoms with E-state index in [4.69, 9.17) is 5.21 Å². The Bertz CT molecular complexity index is 902. The quantitative estimate of drug-likeness (QED) is 0.230. The first-order chi connectivity index (χ1) is 13.1. The van der Waals surface area contributed by atoms with Crippen molar-refractivity contribution in [2.24, 2.45) is 0 Å². The summed E-state index contributed by atoms with van der Waals surface area (Å²) >= 11 is 0. The van der Waals surface area contributed by atoms with Crippen LogP contribution in [0.2, 0.25) is 0 Å². The molecule has 0 spiro atoms. The second-order valence-electron chi connectivity index (χ2n) is 6.36. The van der Waals surface area contributed by atoms with Crippen LogP contribution in [0.25, 0.3) is 16.8 Å². The summed E-state index contributed by atoms with van der Waals surface area (Å²) in [5.74, 6) is -0.786. The number of nitrogens with zero attached hydrogens (tertiary/aromatic N) is 1. The highest BCUT2D eigenvalue weighted by molar-refractivity contribution is 6.14. The molecule has 3 N–H and O–H groups in total. The Labute approximate surface area is 156 Å². The third kappa shape index (κ3) is 4.32. The van der Waals surface area contributed by atoms with Gasteiger partial charge in [0, 0.05) is 13.0 Å². The molecule has 1 heterocycles. The lowest BCUT2D eigenvalue weighted by molar-refractivity contribution is -0.129. The minimum atomic E-state index is -0.440. The second kappa shape index (κ2) is 8.46. The number of carbonyl (C=O) groups is 3. The van der Waals surface area contributed by atoms with Gasteiger partial charge in [-0.2, -0.15) is 0 Å². The molecule has 7 nitrogen and oxygen atoms in total. The second-order valence-corrected chi connectivity index (χ2v) is 6.36. The summed E-state index contributed by atoms with van der Waals surface area (Å²) in [6.07, 6.45) is 3.76. The van der Waals surface area contributed by atoms with Gasteiger partial charge in [0.25, 0.3) is 5.91 Å². The molecule has 1 aliphatic heterocycles. The smallest absolute Gasteiger partial charge is 0.303 e. The lowest BCUT2D eigenvalue weighted by atomic mass is 10.0. The van der Waals surface area contributed by atoms with Gasteiger partial charge in [-0.1, -0.05) is 48.9 Å². The van der Waals surface area contributed by atoms with Crippen molar-refractivity contribution < 1.29 is 19.6 Å². The van der Waals surface area contributed by atoms with Crippen LogP contribution in [0.15, 0.2) is 48.2 Å². The molecule has 0 aliphatic carbocycles. The zero-order valence-corrected chi connectivity index (χ0v) is 14.8. The maximum absolute atomic E-state index is 12.6. The van der Waals surface area contributed by atoms with Gasteiger partial charge in [-0.05, 0) is 35.3 Å². The molecule has 2 aromatic rings. The van der Waals surface area contributed by atoms with Gasteiger partial charge < -0.3 is 5.32 Å². The Morgan fingerprint density at radius 3 is 2.67 bits per heavy atom. The summed E-state index contributed by atoms with van der Waals surface area (Å²) in [5.41, 5.74) is 2.71. The van der Waals surface area contributed by atoms with E-state index in [-0.39, 0.29) is 24.6 Å². The van der Waals surface area contributed by atoms with Crippen LogP contribution >= 0.6 is 0 Å². The molecule has 7 heteroatoms. The third-order valence-corrected chi connectivity index (χ3v) is 4.50. The van der Waals surface area contributed by atoms with Crippen molar-refractivity contribution in [1.82, 2.24) is 15.7 Å². The Morgan fingerprint density at radius 2 is 1.85 bits per heavy atom. The maximum Gasteiger partial charge on any atom is 0.329 e. The Hall–Kier alpha value is -3.19. The number of nitrogens with one attached hydrogen (secondary N) is 2. The summed E-state index contributed by atoms with van der Waals surface area (Å²) in [5, 5.41) is 13.1. The lowest BCUT2D eigenvalue weighted by Gasteiger charge is -2.11. The number of fused-ring (bicyclic) bond motifs is 1. The normalized spacial score (nSPS) is 15.4. The molecule has 0 aromatic heterocycles. The maximum atomic E-state index is 12.6. The highest BCUT2D eigenvalue weighted by Gasteiger charge is 2.32. The molecule has 0 atom stereocenters. The number of amides is 4. The van der Waals surface area contributed by atoms with Gasteiger partial charge in [0.15, 0.2) is 0 Å². The lowest BCUT2D eigenvalue weighted by Crippen LogP contribution is -2.31. The van der Waals surface area contributed by atoms with Gasteiger partial charge in [0.2, 0.25) is 5.91 Å². The number of hydroxylamine groups is 1. The van der Waals surface area contributed by atoms with Crippen LogP contribution in [0.5, 0.6) is 0 Å². The molecule has 3 rings (SSSR count). The van der Waals surface area contributed by atoms with E-state index < -0.39 is 11.9 Å². The average Bonchev–Trinajstić information content (AvgIpc) is 2.95. The van der Waals surface area contributed by atoms with Gasteiger partial charge in [-0.3, -0.25) is 19.7 Å². The average molecular weight is 367 g/mol. The first-order valence-corrected chi connectivity index (χ1v) is 8.85. The van der Waals surface area contributed by atoms with Crippen LogP contribution in [0.1, 0.15) is 31.2 Å². The van der Waals surface area contributed by atoms with E-state index in [1.165, 1.54) is 4.90 Å². The van der Waals surface area contributed by atoms with Crippen LogP contribution in [0, 0.1) is 0 Å². The molecule has 27 heavy (non-hydrogen) atoms. The van der Waals surface area contributed by atoms with Gasteiger partial charge in [-0.15, -0.1) is 0 Å². The summed E-state index contributed by atoms with van der Waals surface area (Å²) in [6.45, 7) is 0.290. The highest BCUT2D eigenvalue weighted by Crippen LogP contribution is 2.22. The van der Waals surface area contributed by atoms with Gasteiger partial charge in [0.1, 0.15) is 5.70 Å². The van der Waals surface area contributed by atoms with Crippen LogP contribution < -0.4 is 10.8 Å². The number of hydrogen-bond donors (Lipinski definition) is 3. The molecule has 0 saturated carbocycles. The zero-order valence-electron chi connectivity index (χ0n) is 14.8. The molecule has 1 aliphatic rings. The van der Waals surface area contributed by atoms with Crippen molar-refractivity contribution in [3.63, 3.8) is 0 Å². The summed E-state index contributed by atoms with van der Waals surface area (Å²) < 4.78 is 0. The van der Waals surface area contributed by atoms with Gasteiger partial charge in [-0.25, -0.2) is 10.3 Å². The fourth-order valence-corrected chi connectivity index (χ4v) is 3.09. The predicted molar refractivity (Wildman–Crippen MR) is 101 cm³/mol. The summed E-state index contributed by atoms with van der Waals surface area (Å²) in [4.78, 5) is 36.8. The molecule has 0 unspecified atom stereocenters. The first kappa shape index (κ1) is 18.6. The third-order valence-electron chi connectivity index (χ3n) is 4.50. The fourth-order valence-electron chi connectivity index (χ4n) is 3.09. The number of hydrogen-bond acceptors (Lipinski definition) is 4. The number of benzene rings is 2. The topological polar surface area (TPSA) is 98.7 Å². The van der Waals surface area contributed by atoms with Gasteiger partial charge >= 0.3 is 6.03 Å². The molecule has 1 saturated heterocycles. The van der Waals surface area contributed by atoms with E-state index >= 15 is 0 Å². The highest BCUT2D eigenvalue weighted by atomic mass is 16.5. The molecular weight excluding hydrogens is 346 g/mol. The number of unbranched alkanes of at least 4 members (excludes halogenated alkanes) is 2. The van der Waals surface area contributed by atoms with Crippen molar-refractivity contribution in [1.29, 1.82) is 0 Å². The number of rotatable bonds is 7. The van der Waals surface area contributed by atoms with E-state index in [9.17, 15) is 14.4 Å². The Balaban J connectivity index is 1.65. The van der Waals surface area contributed by atoms with Crippen LogP contribution in [-0.4, -0.2) is 34.5 Å². The molecule has 4 amide bonds. The van der Waals surface area contributed by atoms with Crippen molar-refractivity contribution in [3.8, 4) is 0 Å². The summed E-state index contributed by atoms with van der Waals surface area (Å²) in [7, 11) is 0. The van der Waals surface area contributed by atoms with Crippen molar-refractivity contribution in [2.75, 3.05) is 6.54 Å². The first-order valence-electron chi connectivity index (χ1n) is 8.85. The van der Waals surface area contributed by atoms with Crippen molar-refractivity contribution in [3.05, 3.63) is 53.7 Å². The van der Waals surface area contributed by atoms with Crippen LogP contribution in [-0.2, 0) is 9.59 Å². The van der Waals surface area contributed by atoms with E-state index in [0.717, 1.165) is 16.3 Å². The fraction of sp³-hybridized carbons (Fsp3) is 0.250. The van der Waals surface area contributed by atoms with Crippen molar-refractivity contribution >= 4 is 34.7 Å². The summed E-state index contributed by atoms with van der Waals surface area (Å²) in [6, 6.07) is 13.2. The van der Waals surface area contributed by atoms with E-state index in [1.807, 2.05) is 42.5 Å². The predicted octanol–water partition coefficient (Wildman–Crippen LogP) is 2.80. The SMILES string of the molecule is O=C(CCCCCN1C(=O)N/C(=C\c2cccc3ccccc23)C1=O)NO. The van der Waals surface area contributed by atoms with E-state index in [1.54, 1.807) is 11.6 Å². The minimum Gasteiger partial charge on any atom is -0.303 e. The van der Waals surface area contributed by atoms with Crippen molar-refractivity contribution in [2.45, 2.75) is 25.7 Å². The number of carbonyl (C=O) groups excluding carboxylic acids is 3. The number of urea groups is 1. The number of imide groups is 1. The molecule has 0 radical (unpaired) electrons. The molecule has 140 valence electrons. The minimum absolute atomic E-state index is 0.211. The molecule has 1 fully saturated rings. The Kier molecular flexibility index (Phi) is 5.83.